The van der Waals surface area contributed by atoms with Crippen molar-refractivity contribution in [1.29, 1.82) is 0 Å². The SMILES string of the molecule is Cl.O=C(N[C@H]1CO[C@H]2[C@@H]1OC[C@@H]2O[N+](=O)[O-])[C@@H]1CSCN1C(=O)C1CSCN1. The number of carbonyl (C=O) groups is 2. The first-order chi connectivity index (χ1) is 13.0. The minimum absolute atomic E-state index is 0. The standard InChI is InChI=1S/C14H20N4O7S2.ClH/c19-13(9-4-27-6-17(9)14(20)8-3-26-5-15-8)16-7-1-23-12-10(25-18(21)22)2-24-11(7)12;/h7-12,15H,1-6H2,(H,16,19);1H/t7-,8?,9-,10-,11+,12+;/m0./s1. The molecular formula is C14H21ClN4O7S2. The van der Waals surface area contributed by atoms with Gasteiger partial charge in [-0.2, -0.15) is 0 Å². The molecular weight excluding hydrogens is 436 g/mol. The van der Waals surface area contributed by atoms with Crippen LogP contribution < -0.4 is 10.6 Å². The summed E-state index contributed by atoms with van der Waals surface area (Å²) in [6.07, 6.45) is -1.88. The van der Waals surface area contributed by atoms with Gasteiger partial charge in [0, 0.05) is 17.4 Å². The van der Waals surface area contributed by atoms with Gasteiger partial charge >= 0.3 is 0 Å². The first kappa shape index (κ1) is 21.7. The molecule has 158 valence electrons. The largest absolute Gasteiger partial charge is 0.371 e. The topological polar surface area (TPSA) is 132 Å². The molecule has 4 fully saturated rings. The quantitative estimate of drug-likeness (QED) is 0.385. The molecule has 0 aromatic rings. The van der Waals surface area contributed by atoms with Gasteiger partial charge in [0.05, 0.1) is 31.2 Å². The summed E-state index contributed by atoms with van der Waals surface area (Å²) in [5.74, 6) is 2.16. The van der Waals surface area contributed by atoms with E-state index in [1.807, 2.05) is 0 Å². The van der Waals surface area contributed by atoms with Crippen LogP contribution in [0, 0.1) is 10.1 Å². The van der Waals surface area contributed by atoms with Crippen LogP contribution in [0.5, 0.6) is 0 Å². The molecule has 11 nitrogen and oxygen atoms in total. The molecule has 0 spiro atoms. The average Bonchev–Trinajstić information content (AvgIpc) is 3.41. The van der Waals surface area contributed by atoms with Crippen LogP contribution in [-0.4, -0.2) is 94.7 Å². The van der Waals surface area contributed by atoms with Crippen LogP contribution in [0.25, 0.3) is 0 Å². The maximum absolute atomic E-state index is 12.8. The number of amides is 2. The van der Waals surface area contributed by atoms with Gasteiger partial charge in [0.15, 0.2) is 6.10 Å². The molecule has 0 saturated carbocycles. The molecule has 0 radical (unpaired) electrons. The fraction of sp³-hybridized carbons (Fsp3) is 0.857. The lowest BCUT2D eigenvalue weighted by molar-refractivity contribution is -0.769. The number of carbonyl (C=O) groups excluding carboxylic acids is 2. The molecule has 2 amide bonds. The van der Waals surface area contributed by atoms with E-state index in [1.54, 1.807) is 28.4 Å². The van der Waals surface area contributed by atoms with Crippen molar-refractivity contribution < 1.29 is 29.0 Å². The number of hydrogen-bond acceptors (Lipinski definition) is 10. The number of nitrogens with zero attached hydrogens (tertiary/aromatic N) is 2. The van der Waals surface area contributed by atoms with Crippen LogP contribution >= 0.6 is 35.9 Å². The Morgan fingerprint density at radius 2 is 2.00 bits per heavy atom. The first-order valence-electron chi connectivity index (χ1n) is 8.58. The molecule has 2 N–H and O–H groups in total. The van der Waals surface area contributed by atoms with Gasteiger partial charge in [0.2, 0.25) is 11.8 Å². The Hall–Kier alpha value is -0.990. The third-order valence-electron chi connectivity index (χ3n) is 5.04. The van der Waals surface area contributed by atoms with Crippen molar-refractivity contribution in [3.05, 3.63) is 10.1 Å². The van der Waals surface area contributed by atoms with Crippen molar-refractivity contribution >= 4 is 47.7 Å². The maximum Gasteiger partial charge on any atom is 0.294 e. The molecule has 4 heterocycles. The summed E-state index contributed by atoms with van der Waals surface area (Å²) >= 11 is 3.20. The number of fused-ring (bicyclic) bond motifs is 1. The predicted molar refractivity (Wildman–Crippen MR) is 103 cm³/mol. The molecule has 4 aliphatic heterocycles. The monoisotopic (exact) mass is 456 g/mol. The van der Waals surface area contributed by atoms with Gasteiger partial charge in [-0.3, -0.25) is 14.9 Å². The Morgan fingerprint density at radius 1 is 1.21 bits per heavy atom. The number of ether oxygens (including phenoxy) is 2. The maximum atomic E-state index is 12.8. The molecule has 28 heavy (non-hydrogen) atoms. The van der Waals surface area contributed by atoms with Crippen LogP contribution in [0.3, 0.4) is 0 Å². The molecule has 0 aliphatic carbocycles. The molecule has 14 heteroatoms. The number of halogens is 1. The summed E-state index contributed by atoms with van der Waals surface area (Å²) in [6, 6.07) is -1.21. The van der Waals surface area contributed by atoms with E-state index in [4.69, 9.17) is 9.47 Å². The predicted octanol–water partition coefficient (Wildman–Crippen LogP) is -1.17. The minimum Gasteiger partial charge on any atom is -0.371 e. The summed E-state index contributed by atoms with van der Waals surface area (Å²) in [6.45, 7) is 0.227. The lowest BCUT2D eigenvalue weighted by Crippen LogP contribution is -2.55. The van der Waals surface area contributed by atoms with E-state index < -0.39 is 35.5 Å². The van der Waals surface area contributed by atoms with Gasteiger partial charge in [-0.05, 0) is 0 Å². The second kappa shape index (κ2) is 9.22. The fourth-order valence-corrected chi connectivity index (χ4v) is 5.80. The van der Waals surface area contributed by atoms with Gasteiger partial charge in [-0.15, -0.1) is 46.0 Å². The molecule has 0 aromatic heterocycles. The Morgan fingerprint density at radius 3 is 2.71 bits per heavy atom. The molecule has 0 aromatic carbocycles. The summed E-state index contributed by atoms with van der Waals surface area (Å²) in [5, 5.41) is 15.7. The van der Waals surface area contributed by atoms with Crippen molar-refractivity contribution in [3.63, 3.8) is 0 Å². The third kappa shape index (κ3) is 4.28. The highest BCUT2D eigenvalue weighted by Crippen LogP contribution is 2.30. The van der Waals surface area contributed by atoms with Gasteiger partial charge in [0.25, 0.3) is 5.09 Å². The lowest BCUT2D eigenvalue weighted by atomic mass is 10.1. The normalized spacial score (nSPS) is 36.6. The van der Waals surface area contributed by atoms with E-state index in [0.29, 0.717) is 17.4 Å². The van der Waals surface area contributed by atoms with Crippen LogP contribution in [-0.2, 0) is 23.9 Å². The van der Waals surface area contributed by atoms with Crippen LogP contribution in [0.1, 0.15) is 0 Å². The Balaban J connectivity index is 0.00000225. The number of rotatable bonds is 5. The van der Waals surface area contributed by atoms with Crippen molar-refractivity contribution in [2.75, 3.05) is 36.5 Å². The van der Waals surface area contributed by atoms with Gasteiger partial charge < -0.3 is 24.5 Å². The van der Waals surface area contributed by atoms with Crippen LogP contribution in [0.15, 0.2) is 0 Å². The van der Waals surface area contributed by atoms with E-state index in [-0.39, 0.29) is 43.5 Å². The number of nitrogens with one attached hydrogen (secondary N) is 2. The second-order valence-electron chi connectivity index (χ2n) is 6.67. The zero-order chi connectivity index (χ0) is 19.0. The van der Waals surface area contributed by atoms with Crippen molar-refractivity contribution in [1.82, 2.24) is 15.5 Å². The highest BCUT2D eigenvalue weighted by atomic mass is 35.5. The van der Waals surface area contributed by atoms with E-state index in [0.717, 1.165) is 5.88 Å². The lowest BCUT2D eigenvalue weighted by Gasteiger charge is -2.27. The Bertz CT molecular complexity index is 626. The zero-order valence-electron chi connectivity index (χ0n) is 14.7. The van der Waals surface area contributed by atoms with E-state index in [1.165, 1.54) is 0 Å². The Labute approximate surface area is 175 Å². The highest BCUT2D eigenvalue weighted by Gasteiger charge is 2.50. The molecule has 6 atom stereocenters. The molecule has 4 aliphatic rings. The first-order valence-corrected chi connectivity index (χ1v) is 10.9. The second-order valence-corrected chi connectivity index (χ2v) is 8.70. The van der Waals surface area contributed by atoms with E-state index in [2.05, 4.69) is 15.5 Å². The number of hydrogen-bond donors (Lipinski definition) is 2. The number of thioether (sulfide) groups is 2. The summed E-state index contributed by atoms with van der Waals surface area (Å²) < 4.78 is 11.1. The smallest absolute Gasteiger partial charge is 0.294 e. The van der Waals surface area contributed by atoms with Gasteiger partial charge in [-0.25, -0.2) is 0 Å². The molecule has 4 rings (SSSR count). The average molecular weight is 457 g/mol. The molecule has 1 unspecified atom stereocenters. The highest BCUT2D eigenvalue weighted by molar-refractivity contribution is 7.99. The minimum atomic E-state index is -0.861. The third-order valence-corrected chi connectivity index (χ3v) is 6.99. The zero-order valence-corrected chi connectivity index (χ0v) is 17.1. The molecule has 0 bridgehead atoms. The van der Waals surface area contributed by atoms with Crippen LogP contribution in [0.2, 0.25) is 0 Å². The Kier molecular flexibility index (Phi) is 7.15. The van der Waals surface area contributed by atoms with Gasteiger partial charge in [-0.1, -0.05) is 0 Å². The van der Waals surface area contributed by atoms with E-state index >= 15 is 0 Å². The summed E-state index contributed by atoms with van der Waals surface area (Å²) in [4.78, 5) is 42.2. The molecule has 4 saturated heterocycles. The van der Waals surface area contributed by atoms with Gasteiger partial charge in [0.1, 0.15) is 18.2 Å². The fourth-order valence-electron chi connectivity index (χ4n) is 3.70. The van der Waals surface area contributed by atoms with Crippen molar-refractivity contribution in [2.24, 2.45) is 0 Å². The van der Waals surface area contributed by atoms with Crippen LogP contribution in [0.4, 0.5) is 0 Å². The van der Waals surface area contributed by atoms with Crippen molar-refractivity contribution in [2.45, 2.75) is 36.4 Å². The van der Waals surface area contributed by atoms with E-state index in [9.17, 15) is 19.7 Å². The summed E-state index contributed by atoms with van der Waals surface area (Å²) in [7, 11) is 0. The summed E-state index contributed by atoms with van der Waals surface area (Å²) in [5.41, 5.74) is 0. The van der Waals surface area contributed by atoms with Crippen molar-refractivity contribution in [3.8, 4) is 0 Å².